The summed E-state index contributed by atoms with van der Waals surface area (Å²) in [5, 5.41) is 6.76. The molecule has 0 saturated heterocycles. The maximum absolute atomic E-state index is 5.77. The standard InChI is InChI=1S/C23H29N5O2/c1-17-27-19-7-3-4-8-20(19)28(17)12-5-11-25-23(24-2)26-16-18-9-10-21-22(15-18)30-14-6-13-29-21/h3-4,7-10,15H,5-6,11-14,16H2,1-2H3,(H2,24,25,26). The quantitative estimate of drug-likeness (QED) is 0.373. The SMILES string of the molecule is CN=C(NCCCn1c(C)nc2ccccc21)NCc1ccc2c(c1)OCCCO2. The molecule has 0 atom stereocenters. The van der Waals surface area contributed by atoms with E-state index in [0.717, 1.165) is 60.3 Å². The second-order valence-corrected chi connectivity index (χ2v) is 7.34. The van der Waals surface area contributed by atoms with Crippen LogP contribution in [-0.4, -0.2) is 42.3 Å². The van der Waals surface area contributed by atoms with E-state index in [0.29, 0.717) is 19.8 Å². The van der Waals surface area contributed by atoms with Gasteiger partial charge in [0.1, 0.15) is 5.82 Å². The number of nitrogens with zero attached hydrogens (tertiary/aromatic N) is 3. The highest BCUT2D eigenvalue weighted by molar-refractivity contribution is 5.79. The van der Waals surface area contributed by atoms with E-state index in [9.17, 15) is 0 Å². The number of para-hydroxylation sites is 2. The Morgan fingerprint density at radius 2 is 1.93 bits per heavy atom. The number of ether oxygens (including phenoxy) is 2. The Kier molecular flexibility index (Phi) is 6.37. The van der Waals surface area contributed by atoms with Crippen molar-refractivity contribution in [3.8, 4) is 11.5 Å². The van der Waals surface area contributed by atoms with Crippen LogP contribution in [0.5, 0.6) is 11.5 Å². The molecule has 30 heavy (non-hydrogen) atoms. The van der Waals surface area contributed by atoms with Crippen molar-refractivity contribution in [1.82, 2.24) is 20.2 Å². The molecule has 0 saturated carbocycles. The zero-order valence-corrected chi connectivity index (χ0v) is 17.6. The van der Waals surface area contributed by atoms with Crippen molar-refractivity contribution in [3.63, 3.8) is 0 Å². The fourth-order valence-corrected chi connectivity index (χ4v) is 3.65. The Bertz CT molecular complexity index is 1030. The van der Waals surface area contributed by atoms with Crippen LogP contribution < -0.4 is 20.1 Å². The molecule has 0 radical (unpaired) electrons. The van der Waals surface area contributed by atoms with E-state index >= 15 is 0 Å². The maximum atomic E-state index is 5.77. The van der Waals surface area contributed by atoms with Crippen LogP contribution in [-0.2, 0) is 13.1 Å². The number of guanidine groups is 1. The summed E-state index contributed by atoms with van der Waals surface area (Å²) in [7, 11) is 1.79. The minimum atomic E-state index is 0.668. The highest BCUT2D eigenvalue weighted by atomic mass is 16.5. The summed E-state index contributed by atoms with van der Waals surface area (Å²) >= 11 is 0. The molecule has 0 unspecified atom stereocenters. The number of aryl methyl sites for hydroxylation is 2. The number of aliphatic imine (C=N–C) groups is 1. The van der Waals surface area contributed by atoms with Crippen LogP contribution in [0, 0.1) is 6.92 Å². The van der Waals surface area contributed by atoms with Gasteiger partial charge >= 0.3 is 0 Å². The Morgan fingerprint density at radius 1 is 1.10 bits per heavy atom. The summed E-state index contributed by atoms with van der Waals surface area (Å²) in [5.74, 6) is 3.47. The molecule has 158 valence electrons. The van der Waals surface area contributed by atoms with E-state index in [-0.39, 0.29) is 0 Å². The molecule has 0 amide bonds. The van der Waals surface area contributed by atoms with E-state index in [2.05, 4.69) is 56.4 Å². The van der Waals surface area contributed by atoms with Crippen LogP contribution in [0.3, 0.4) is 0 Å². The third-order valence-corrected chi connectivity index (χ3v) is 5.19. The van der Waals surface area contributed by atoms with E-state index in [1.807, 2.05) is 18.2 Å². The molecule has 1 aliphatic heterocycles. The van der Waals surface area contributed by atoms with Crippen molar-refractivity contribution >= 4 is 17.0 Å². The lowest BCUT2D eigenvalue weighted by molar-refractivity contribution is 0.297. The van der Waals surface area contributed by atoms with Gasteiger partial charge < -0.3 is 24.7 Å². The Morgan fingerprint density at radius 3 is 2.80 bits per heavy atom. The van der Waals surface area contributed by atoms with Gasteiger partial charge in [-0.2, -0.15) is 0 Å². The van der Waals surface area contributed by atoms with Crippen molar-refractivity contribution in [3.05, 3.63) is 53.9 Å². The number of benzene rings is 2. The van der Waals surface area contributed by atoms with Gasteiger partial charge in [0.15, 0.2) is 17.5 Å². The summed E-state index contributed by atoms with van der Waals surface area (Å²) < 4.78 is 13.7. The Labute approximate surface area is 177 Å². The summed E-state index contributed by atoms with van der Waals surface area (Å²) in [6.07, 6.45) is 1.89. The molecule has 7 heteroatoms. The lowest BCUT2D eigenvalue weighted by atomic mass is 10.2. The summed E-state index contributed by atoms with van der Waals surface area (Å²) in [6, 6.07) is 14.3. The lowest BCUT2D eigenvalue weighted by Crippen LogP contribution is -2.37. The molecule has 3 aromatic rings. The normalized spacial score (nSPS) is 13.9. The van der Waals surface area contributed by atoms with Crippen LogP contribution in [0.4, 0.5) is 0 Å². The molecule has 0 aliphatic carbocycles. The van der Waals surface area contributed by atoms with Gasteiger partial charge in [0, 0.05) is 33.1 Å². The van der Waals surface area contributed by atoms with Crippen LogP contribution in [0.15, 0.2) is 47.5 Å². The van der Waals surface area contributed by atoms with E-state index < -0.39 is 0 Å². The molecular formula is C23H29N5O2. The minimum absolute atomic E-state index is 0.668. The summed E-state index contributed by atoms with van der Waals surface area (Å²) in [4.78, 5) is 8.96. The highest BCUT2D eigenvalue weighted by Gasteiger charge is 2.11. The number of hydrogen-bond acceptors (Lipinski definition) is 4. The number of rotatable bonds is 6. The molecular weight excluding hydrogens is 378 g/mol. The smallest absolute Gasteiger partial charge is 0.191 e. The average Bonchev–Trinajstić information content (AvgIpc) is 2.92. The number of nitrogens with one attached hydrogen (secondary N) is 2. The Hall–Kier alpha value is -3.22. The number of hydrogen-bond donors (Lipinski definition) is 2. The Balaban J connectivity index is 1.26. The molecule has 2 heterocycles. The topological polar surface area (TPSA) is 72.7 Å². The molecule has 4 rings (SSSR count). The second-order valence-electron chi connectivity index (χ2n) is 7.34. The fraction of sp³-hybridized carbons (Fsp3) is 0.391. The van der Waals surface area contributed by atoms with Crippen molar-refractivity contribution in [2.75, 3.05) is 26.8 Å². The van der Waals surface area contributed by atoms with Gasteiger partial charge in [-0.1, -0.05) is 18.2 Å². The monoisotopic (exact) mass is 407 g/mol. The predicted molar refractivity (Wildman–Crippen MR) is 119 cm³/mol. The van der Waals surface area contributed by atoms with E-state index in [4.69, 9.17) is 9.47 Å². The maximum Gasteiger partial charge on any atom is 0.191 e. The molecule has 1 aliphatic rings. The first-order valence-electron chi connectivity index (χ1n) is 10.5. The fourth-order valence-electron chi connectivity index (χ4n) is 3.65. The first-order chi connectivity index (χ1) is 14.7. The van der Waals surface area contributed by atoms with Crippen molar-refractivity contribution < 1.29 is 9.47 Å². The second kappa shape index (κ2) is 9.52. The number of fused-ring (bicyclic) bond motifs is 2. The van der Waals surface area contributed by atoms with Gasteiger partial charge in [0.05, 0.1) is 24.2 Å². The van der Waals surface area contributed by atoms with Gasteiger partial charge in [-0.05, 0) is 43.2 Å². The van der Waals surface area contributed by atoms with Gasteiger partial charge in [0.2, 0.25) is 0 Å². The van der Waals surface area contributed by atoms with Gasteiger partial charge in [0.25, 0.3) is 0 Å². The largest absolute Gasteiger partial charge is 0.490 e. The zero-order valence-electron chi connectivity index (χ0n) is 17.6. The molecule has 0 spiro atoms. The minimum Gasteiger partial charge on any atom is -0.490 e. The van der Waals surface area contributed by atoms with Gasteiger partial charge in [-0.25, -0.2) is 4.98 Å². The van der Waals surface area contributed by atoms with E-state index in [1.165, 1.54) is 5.52 Å². The van der Waals surface area contributed by atoms with Crippen LogP contribution in [0.2, 0.25) is 0 Å². The van der Waals surface area contributed by atoms with E-state index in [1.54, 1.807) is 7.05 Å². The zero-order chi connectivity index (χ0) is 20.8. The molecule has 2 aromatic carbocycles. The van der Waals surface area contributed by atoms with Crippen LogP contribution in [0.25, 0.3) is 11.0 Å². The lowest BCUT2D eigenvalue weighted by Gasteiger charge is -2.14. The highest BCUT2D eigenvalue weighted by Crippen LogP contribution is 2.30. The molecule has 2 N–H and O–H groups in total. The summed E-state index contributed by atoms with van der Waals surface area (Å²) in [5.41, 5.74) is 3.37. The van der Waals surface area contributed by atoms with Gasteiger partial charge in [-0.15, -0.1) is 0 Å². The first kappa shape index (κ1) is 20.1. The molecule has 7 nitrogen and oxygen atoms in total. The number of imidazole rings is 1. The molecule has 0 bridgehead atoms. The van der Waals surface area contributed by atoms with Crippen molar-refractivity contribution in [1.29, 1.82) is 0 Å². The van der Waals surface area contributed by atoms with Crippen LogP contribution in [0.1, 0.15) is 24.2 Å². The number of aromatic nitrogens is 2. The first-order valence-corrected chi connectivity index (χ1v) is 10.5. The molecule has 1 aromatic heterocycles. The van der Waals surface area contributed by atoms with Crippen molar-refractivity contribution in [2.45, 2.75) is 32.9 Å². The third kappa shape index (κ3) is 4.67. The third-order valence-electron chi connectivity index (χ3n) is 5.19. The van der Waals surface area contributed by atoms with Crippen molar-refractivity contribution in [2.24, 2.45) is 4.99 Å². The molecule has 0 fully saturated rings. The average molecular weight is 408 g/mol. The predicted octanol–water partition coefficient (Wildman–Crippen LogP) is 3.26. The summed E-state index contributed by atoms with van der Waals surface area (Å²) in [6.45, 7) is 5.87. The van der Waals surface area contributed by atoms with Gasteiger partial charge in [-0.3, -0.25) is 4.99 Å². The van der Waals surface area contributed by atoms with Crippen LogP contribution >= 0.6 is 0 Å².